The number of aryl methyl sites for hydroxylation is 1. The number of rotatable bonds is 6. The predicted octanol–water partition coefficient (Wildman–Crippen LogP) is 4.33. The number of benzene rings is 1. The minimum absolute atomic E-state index is 0.174. The van der Waals surface area contributed by atoms with Crippen molar-refractivity contribution in [3.05, 3.63) is 64.2 Å². The Kier molecular flexibility index (Phi) is 5.71. The fourth-order valence-electron chi connectivity index (χ4n) is 2.51. The lowest BCUT2D eigenvalue weighted by molar-refractivity contribution is 0.544. The zero-order valence-electron chi connectivity index (χ0n) is 12.4. The Morgan fingerprint density at radius 3 is 2.76 bits per heavy atom. The van der Waals surface area contributed by atoms with Crippen LogP contribution in [0.4, 0.5) is 4.39 Å². The summed E-state index contributed by atoms with van der Waals surface area (Å²) in [7, 11) is 0. The molecule has 0 spiro atoms. The first-order valence-electron chi connectivity index (χ1n) is 7.25. The SMILES string of the molecule is CCNC(Cc1ccc(F)c(Cl)c1)c1ccncc1CC. The van der Waals surface area contributed by atoms with Gasteiger partial charge in [-0.1, -0.05) is 31.5 Å². The zero-order chi connectivity index (χ0) is 15.2. The van der Waals surface area contributed by atoms with E-state index >= 15 is 0 Å². The molecule has 1 atom stereocenters. The molecule has 0 saturated heterocycles. The summed E-state index contributed by atoms with van der Waals surface area (Å²) < 4.78 is 13.3. The van der Waals surface area contributed by atoms with Crippen molar-refractivity contribution in [3.63, 3.8) is 0 Å². The largest absolute Gasteiger partial charge is 0.310 e. The van der Waals surface area contributed by atoms with Crippen LogP contribution in [0.25, 0.3) is 0 Å². The molecular formula is C17H20ClFN2. The summed E-state index contributed by atoms with van der Waals surface area (Å²) >= 11 is 5.87. The molecule has 1 N–H and O–H groups in total. The highest BCUT2D eigenvalue weighted by Crippen LogP contribution is 2.24. The fourth-order valence-corrected chi connectivity index (χ4v) is 2.72. The average Bonchev–Trinajstić information content (AvgIpc) is 2.50. The van der Waals surface area contributed by atoms with E-state index in [2.05, 4.69) is 30.2 Å². The van der Waals surface area contributed by atoms with Crippen molar-refractivity contribution in [2.45, 2.75) is 32.7 Å². The second-order valence-electron chi connectivity index (χ2n) is 4.99. The number of aromatic nitrogens is 1. The maximum absolute atomic E-state index is 13.3. The Bertz CT molecular complexity index is 601. The summed E-state index contributed by atoms with van der Waals surface area (Å²) in [6.45, 7) is 5.07. The highest BCUT2D eigenvalue weighted by atomic mass is 35.5. The van der Waals surface area contributed by atoms with E-state index in [1.54, 1.807) is 12.1 Å². The van der Waals surface area contributed by atoms with Crippen molar-refractivity contribution in [2.24, 2.45) is 0 Å². The number of nitrogens with one attached hydrogen (secondary N) is 1. The Hall–Kier alpha value is -1.45. The zero-order valence-corrected chi connectivity index (χ0v) is 13.1. The molecule has 1 unspecified atom stereocenters. The van der Waals surface area contributed by atoms with Crippen LogP contribution in [0.1, 0.15) is 36.6 Å². The maximum atomic E-state index is 13.3. The third kappa shape index (κ3) is 4.02. The molecule has 2 aromatic rings. The van der Waals surface area contributed by atoms with Gasteiger partial charge in [0.1, 0.15) is 5.82 Å². The van der Waals surface area contributed by atoms with Gasteiger partial charge in [0.2, 0.25) is 0 Å². The molecule has 112 valence electrons. The number of hydrogen-bond acceptors (Lipinski definition) is 2. The first-order chi connectivity index (χ1) is 10.2. The summed E-state index contributed by atoms with van der Waals surface area (Å²) in [6.07, 6.45) is 5.44. The molecular weight excluding hydrogens is 287 g/mol. The third-order valence-electron chi connectivity index (χ3n) is 3.57. The number of halogens is 2. The lowest BCUT2D eigenvalue weighted by Gasteiger charge is -2.21. The van der Waals surface area contributed by atoms with Crippen LogP contribution < -0.4 is 5.32 Å². The van der Waals surface area contributed by atoms with Gasteiger partial charge in [-0.25, -0.2) is 4.39 Å². The number of likely N-dealkylation sites (N-methyl/N-ethyl adjacent to an activating group) is 1. The van der Waals surface area contributed by atoms with Gasteiger partial charge in [-0.3, -0.25) is 4.98 Å². The summed E-state index contributed by atoms with van der Waals surface area (Å²) in [5.74, 6) is -0.376. The molecule has 0 aliphatic heterocycles. The van der Waals surface area contributed by atoms with Crippen molar-refractivity contribution in [1.82, 2.24) is 10.3 Å². The summed E-state index contributed by atoms with van der Waals surface area (Å²) in [6, 6.07) is 7.15. The molecule has 0 aliphatic rings. The van der Waals surface area contributed by atoms with Crippen molar-refractivity contribution >= 4 is 11.6 Å². The van der Waals surface area contributed by atoms with Gasteiger partial charge in [0.05, 0.1) is 5.02 Å². The summed E-state index contributed by atoms with van der Waals surface area (Å²) in [4.78, 5) is 4.19. The van der Waals surface area contributed by atoms with E-state index in [1.807, 2.05) is 12.4 Å². The Morgan fingerprint density at radius 1 is 1.29 bits per heavy atom. The molecule has 0 amide bonds. The smallest absolute Gasteiger partial charge is 0.141 e. The van der Waals surface area contributed by atoms with Gasteiger partial charge >= 0.3 is 0 Å². The van der Waals surface area contributed by atoms with Crippen molar-refractivity contribution in [3.8, 4) is 0 Å². The monoisotopic (exact) mass is 306 g/mol. The first kappa shape index (κ1) is 15.9. The van der Waals surface area contributed by atoms with Crippen molar-refractivity contribution in [2.75, 3.05) is 6.54 Å². The highest BCUT2D eigenvalue weighted by Gasteiger charge is 2.15. The average molecular weight is 307 g/mol. The van der Waals surface area contributed by atoms with Crippen LogP contribution in [-0.2, 0) is 12.8 Å². The second kappa shape index (κ2) is 7.53. The van der Waals surface area contributed by atoms with Gasteiger partial charge in [0, 0.05) is 18.4 Å². The Balaban J connectivity index is 2.28. The second-order valence-corrected chi connectivity index (χ2v) is 5.40. The minimum atomic E-state index is -0.376. The molecule has 0 radical (unpaired) electrons. The van der Waals surface area contributed by atoms with Gasteiger partial charge in [0.15, 0.2) is 0 Å². The van der Waals surface area contributed by atoms with Gasteiger partial charge in [-0.05, 0) is 54.3 Å². The van der Waals surface area contributed by atoms with E-state index in [4.69, 9.17) is 11.6 Å². The van der Waals surface area contributed by atoms with Gasteiger partial charge in [-0.15, -0.1) is 0 Å². The summed E-state index contributed by atoms with van der Waals surface area (Å²) in [5, 5.41) is 3.67. The van der Waals surface area contributed by atoms with Crippen LogP contribution in [0.15, 0.2) is 36.7 Å². The van der Waals surface area contributed by atoms with Crippen LogP contribution in [-0.4, -0.2) is 11.5 Å². The minimum Gasteiger partial charge on any atom is -0.310 e. The van der Waals surface area contributed by atoms with E-state index in [0.29, 0.717) is 0 Å². The van der Waals surface area contributed by atoms with Gasteiger partial charge < -0.3 is 5.32 Å². The molecule has 2 rings (SSSR count). The number of pyridine rings is 1. The van der Waals surface area contributed by atoms with Crippen LogP contribution in [0.2, 0.25) is 5.02 Å². The number of nitrogens with zero attached hydrogens (tertiary/aromatic N) is 1. The molecule has 1 aromatic heterocycles. The fraction of sp³-hybridized carbons (Fsp3) is 0.353. The molecule has 0 saturated carbocycles. The molecule has 0 fully saturated rings. The lowest BCUT2D eigenvalue weighted by atomic mass is 9.95. The molecule has 21 heavy (non-hydrogen) atoms. The normalized spacial score (nSPS) is 12.4. The van der Waals surface area contributed by atoms with E-state index in [9.17, 15) is 4.39 Å². The van der Waals surface area contributed by atoms with Gasteiger partial charge in [-0.2, -0.15) is 0 Å². The molecule has 1 heterocycles. The van der Waals surface area contributed by atoms with E-state index in [1.165, 1.54) is 17.2 Å². The third-order valence-corrected chi connectivity index (χ3v) is 3.86. The van der Waals surface area contributed by atoms with Crippen molar-refractivity contribution < 1.29 is 4.39 Å². The Morgan fingerprint density at radius 2 is 2.10 bits per heavy atom. The quantitative estimate of drug-likeness (QED) is 0.859. The van der Waals surface area contributed by atoms with E-state index in [0.717, 1.165) is 24.9 Å². The lowest BCUT2D eigenvalue weighted by Crippen LogP contribution is -2.24. The maximum Gasteiger partial charge on any atom is 0.141 e. The van der Waals surface area contributed by atoms with Crippen LogP contribution in [0.3, 0.4) is 0 Å². The van der Waals surface area contributed by atoms with Crippen LogP contribution >= 0.6 is 11.6 Å². The predicted molar refractivity (Wildman–Crippen MR) is 85.1 cm³/mol. The highest BCUT2D eigenvalue weighted by molar-refractivity contribution is 6.30. The van der Waals surface area contributed by atoms with Crippen molar-refractivity contribution in [1.29, 1.82) is 0 Å². The number of hydrogen-bond donors (Lipinski definition) is 1. The van der Waals surface area contributed by atoms with Gasteiger partial charge in [0.25, 0.3) is 0 Å². The van der Waals surface area contributed by atoms with Crippen LogP contribution in [0, 0.1) is 5.82 Å². The van der Waals surface area contributed by atoms with E-state index < -0.39 is 0 Å². The molecule has 1 aromatic carbocycles. The molecule has 0 aliphatic carbocycles. The standard InChI is InChI=1S/C17H20ClFN2/c1-3-13-11-20-8-7-14(13)17(21-4-2)10-12-5-6-16(19)15(18)9-12/h5-9,11,17,21H,3-4,10H2,1-2H3. The topological polar surface area (TPSA) is 24.9 Å². The van der Waals surface area contributed by atoms with Crippen LogP contribution in [0.5, 0.6) is 0 Å². The summed E-state index contributed by atoms with van der Waals surface area (Å²) in [5.41, 5.74) is 3.50. The van der Waals surface area contributed by atoms with E-state index in [-0.39, 0.29) is 16.9 Å². The Labute approximate surface area is 130 Å². The molecule has 0 bridgehead atoms. The molecule has 4 heteroatoms. The molecule has 2 nitrogen and oxygen atoms in total. The first-order valence-corrected chi connectivity index (χ1v) is 7.63.